The number of carboxylic acid groups (broad SMARTS) is 1. The molecule has 2 aromatic heterocycles. The number of amides is 1. The highest BCUT2D eigenvalue weighted by Gasteiger charge is 2.15. The number of aromatic amines is 1. The first-order valence-electron chi connectivity index (χ1n) is 6.83. The molecular weight excluding hydrogens is 316 g/mol. The standard InChI is InChI=1S/C15H12N4O5/c1-18-7-9(5-13(18)15(21)22)16-14(20)12-4-8-2-3-10(19(23)24)6-11(8)17-12/h2-7,17H,1H3,(H,16,20)(H,21,22). The summed E-state index contributed by atoms with van der Waals surface area (Å²) < 4.78 is 1.38. The van der Waals surface area contributed by atoms with E-state index < -0.39 is 16.8 Å². The molecule has 3 N–H and O–H groups in total. The lowest BCUT2D eigenvalue weighted by Crippen LogP contribution is -2.11. The van der Waals surface area contributed by atoms with Crippen LogP contribution in [0.3, 0.4) is 0 Å². The van der Waals surface area contributed by atoms with Crippen molar-refractivity contribution in [3.05, 3.63) is 58.0 Å². The minimum absolute atomic E-state index is 0.0394. The van der Waals surface area contributed by atoms with E-state index in [-0.39, 0.29) is 17.1 Å². The number of aromatic carboxylic acids is 1. The van der Waals surface area contributed by atoms with Gasteiger partial charge in [-0.05, 0) is 18.2 Å². The van der Waals surface area contributed by atoms with Gasteiger partial charge in [-0.15, -0.1) is 0 Å². The van der Waals surface area contributed by atoms with Crippen molar-refractivity contribution in [1.29, 1.82) is 0 Å². The van der Waals surface area contributed by atoms with Crippen molar-refractivity contribution in [2.24, 2.45) is 7.05 Å². The summed E-state index contributed by atoms with van der Waals surface area (Å²) in [5, 5.41) is 23.0. The molecule has 122 valence electrons. The van der Waals surface area contributed by atoms with E-state index in [2.05, 4.69) is 10.3 Å². The molecule has 0 spiro atoms. The fourth-order valence-electron chi connectivity index (χ4n) is 2.39. The number of carboxylic acids is 1. The lowest BCUT2D eigenvalue weighted by atomic mass is 10.2. The van der Waals surface area contributed by atoms with Crippen LogP contribution in [0.15, 0.2) is 36.5 Å². The minimum atomic E-state index is -1.10. The first kappa shape index (κ1) is 15.3. The number of carbonyl (C=O) groups excluding carboxylic acids is 1. The quantitative estimate of drug-likeness (QED) is 0.500. The van der Waals surface area contributed by atoms with Gasteiger partial charge in [0, 0.05) is 30.8 Å². The first-order chi connectivity index (χ1) is 11.3. The number of nitrogens with one attached hydrogen (secondary N) is 2. The Morgan fingerprint density at radius 3 is 2.67 bits per heavy atom. The molecule has 9 heteroatoms. The van der Waals surface area contributed by atoms with Crippen LogP contribution in [0.2, 0.25) is 0 Å². The van der Waals surface area contributed by atoms with Crippen LogP contribution in [0.4, 0.5) is 11.4 Å². The molecule has 0 saturated carbocycles. The summed E-state index contributed by atoms with van der Waals surface area (Å²) >= 11 is 0. The van der Waals surface area contributed by atoms with Crippen molar-refractivity contribution in [2.45, 2.75) is 0 Å². The van der Waals surface area contributed by atoms with E-state index in [0.29, 0.717) is 16.6 Å². The highest BCUT2D eigenvalue weighted by atomic mass is 16.6. The summed E-state index contributed by atoms with van der Waals surface area (Å²) in [7, 11) is 1.56. The van der Waals surface area contributed by atoms with Gasteiger partial charge in [-0.1, -0.05) is 0 Å². The molecule has 2 heterocycles. The smallest absolute Gasteiger partial charge is 0.352 e. The Morgan fingerprint density at radius 2 is 2.04 bits per heavy atom. The highest BCUT2D eigenvalue weighted by molar-refractivity contribution is 6.06. The summed E-state index contributed by atoms with van der Waals surface area (Å²) in [5.74, 6) is -1.58. The number of anilines is 1. The second-order valence-electron chi connectivity index (χ2n) is 5.20. The average molecular weight is 328 g/mol. The number of fused-ring (bicyclic) bond motifs is 1. The van der Waals surface area contributed by atoms with Gasteiger partial charge in [0.15, 0.2) is 0 Å². The molecule has 0 aliphatic carbocycles. The Labute approximate surface area is 134 Å². The SMILES string of the molecule is Cn1cc(NC(=O)c2cc3ccc([N+](=O)[O-])cc3[nH]2)cc1C(=O)O. The summed E-state index contributed by atoms with van der Waals surface area (Å²) in [6, 6.07) is 7.15. The molecule has 1 aromatic carbocycles. The zero-order chi connectivity index (χ0) is 17.4. The monoisotopic (exact) mass is 328 g/mol. The van der Waals surface area contributed by atoms with Crippen LogP contribution in [0.1, 0.15) is 21.0 Å². The van der Waals surface area contributed by atoms with Crippen LogP contribution >= 0.6 is 0 Å². The molecule has 0 aliphatic heterocycles. The Balaban J connectivity index is 1.87. The van der Waals surface area contributed by atoms with Crippen LogP contribution in [-0.4, -0.2) is 31.5 Å². The Kier molecular flexibility index (Phi) is 3.53. The molecule has 0 atom stereocenters. The minimum Gasteiger partial charge on any atom is -0.477 e. The molecule has 0 radical (unpaired) electrons. The van der Waals surface area contributed by atoms with Crippen molar-refractivity contribution in [1.82, 2.24) is 9.55 Å². The van der Waals surface area contributed by atoms with Gasteiger partial charge < -0.3 is 20.0 Å². The number of carbonyl (C=O) groups is 2. The number of non-ortho nitro benzene ring substituents is 1. The largest absolute Gasteiger partial charge is 0.477 e. The molecular formula is C15H12N4O5. The number of nitrogens with zero attached hydrogens (tertiary/aromatic N) is 2. The van der Waals surface area contributed by atoms with Crippen LogP contribution in [0.25, 0.3) is 10.9 Å². The zero-order valence-electron chi connectivity index (χ0n) is 12.4. The second-order valence-corrected chi connectivity index (χ2v) is 5.20. The van der Waals surface area contributed by atoms with Crippen LogP contribution < -0.4 is 5.32 Å². The van der Waals surface area contributed by atoms with Crippen molar-refractivity contribution >= 4 is 34.2 Å². The van der Waals surface area contributed by atoms with Crippen molar-refractivity contribution < 1.29 is 19.6 Å². The Hall–Kier alpha value is -3.62. The number of hydrogen-bond acceptors (Lipinski definition) is 4. The Bertz CT molecular complexity index is 985. The van der Waals surface area contributed by atoms with E-state index in [9.17, 15) is 19.7 Å². The van der Waals surface area contributed by atoms with Crippen LogP contribution in [0.5, 0.6) is 0 Å². The average Bonchev–Trinajstić information content (AvgIpc) is 3.09. The van der Waals surface area contributed by atoms with E-state index in [4.69, 9.17) is 5.11 Å². The predicted molar refractivity (Wildman–Crippen MR) is 85.3 cm³/mol. The molecule has 0 saturated heterocycles. The highest BCUT2D eigenvalue weighted by Crippen LogP contribution is 2.22. The summed E-state index contributed by atoms with van der Waals surface area (Å²) in [4.78, 5) is 36.3. The molecule has 0 unspecified atom stereocenters. The number of H-pyrrole nitrogens is 1. The maximum atomic E-state index is 12.3. The third kappa shape index (κ3) is 2.70. The van der Waals surface area contributed by atoms with Gasteiger partial charge in [-0.25, -0.2) is 4.79 Å². The molecule has 9 nitrogen and oxygen atoms in total. The van der Waals surface area contributed by atoms with E-state index in [1.807, 2.05) is 0 Å². The van der Waals surface area contributed by atoms with E-state index >= 15 is 0 Å². The van der Waals surface area contributed by atoms with E-state index in [1.54, 1.807) is 19.2 Å². The third-order valence-electron chi connectivity index (χ3n) is 3.54. The number of hydrogen-bond donors (Lipinski definition) is 3. The van der Waals surface area contributed by atoms with Gasteiger partial charge in [-0.3, -0.25) is 14.9 Å². The zero-order valence-corrected chi connectivity index (χ0v) is 12.4. The van der Waals surface area contributed by atoms with Crippen molar-refractivity contribution in [2.75, 3.05) is 5.32 Å². The molecule has 0 fully saturated rings. The number of benzene rings is 1. The van der Waals surface area contributed by atoms with E-state index in [0.717, 1.165) is 0 Å². The van der Waals surface area contributed by atoms with E-state index in [1.165, 1.54) is 29.0 Å². The van der Waals surface area contributed by atoms with Crippen molar-refractivity contribution in [3.63, 3.8) is 0 Å². The third-order valence-corrected chi connectivity index (χ3v) is 3.54. The number of aromatic nitrogens is 2. The molecule has 3 aromatic rings. The molecule has 24 heavy (non-hydrogen) atoms. The van der Waals surface area contributed by atoms with Gasteiger partial charge >= 0.3 is 5.97 Å². The molecule has 1 amide bonds. The topological polar surface area (TPSA) is 130 Å². The van der Waals surface area contributed by atoms with Gasteiger partial charge in [0.25, 0.3) is 11.6 Å². The van der Waals surface area contributed by atoms with Crippen LogP contribution in [-0.2, 0) is 7.05 Å². The van der Waals surface area contributed by atoms with Crippen molar-refractivity contribution in [3.8, 4) is 0 Å². The maximum Gasteiger partial charge on any atom is 0.352 e. The summed E-state index contributed by atoms with van der Waals surface area (Å²) in [5.41, 5.74) is 0.979. The number of aryl methyl sites for hydroxylation is 1. The maximum absolute atomic E-state index is 12.3. The van der Waals surface area contributed by atoms with Gasteiger partial charge in [0.2, 0.25) is 0 Å². The Morgan fingerprint density at radius 1 is 1.29 bits per heavy atom. The molecule has 0 bridgehead atoms. The summed E-state index contributed by atoms with van der Waals surface area (Å²) in [6.45, 7) is 0. The fraction of sp³-hybridized carbons (Fsp3) is 0.0667. The van der Waals surface area contributed by atoms with Crippen LogP contribution in [0, 0.1) is 10.1 Å². The first-order valence-corrected chi connectivity index (χ1v) is 6.83. The summed E-state index contributed by atoms with van der Waals surface area (Å²) in [6.07, 6.45) is 1.48. The van der Waals surface area contributed by atoms with Gasteiger partial charge in [-0.2, -0.15) is 0 Å². The normalized spacial score (nSPS) is 10.7. The predicted octanol–water partition coefficient (Wildman–Crippen LogP) is 2.37. The fourth-order valence-corrected chi connectivity index (χ4v) is 2.39. The molecule has 3 rings (SSSR count). The second kappa shape index (κ2) is 5.54. The number of rotatable bonds is 4. The van der Waals surface area contributed by atoms with Gasteiger partial charge in [0.05, 0.1) is 16.1 Å². The number of nitro groups is 1. The lowest BCUT2D eigenvalue weighted by molar-refractivity contribution is -0.384. The number of nitro benzene ring substituents is 1. The molecule has 0 aliphatic rings. The lowest BCUT2D eigenvalue weighted by Gasteiger charge is -1.99. The van der Waals surface area contributed by atoms with Gasteiger partial charge in [0.1, 0.15) is 11.4 Å².